The predicted octanol–water partition coefficient (Wildman–Crippen LogP) is 5.77. The van der Waals surface area contributed by atoms with Crippen LogP contribution in [0.3, 0.4) is 0 Å². The van der Waals surface area contributed by atoms with Crippen molar-refractivity contribution in [3.8, 4) is 5.75 Å². The van der Waals surface area contributed by atoms with Crippen LogP contribution in [0.15, 0.2) is 66.0 Å². The van der Waals surface area contributed by atoms with Crippen LogP contribution in [0.25, 0.3) is 0 Å². The van der Waals surface area contributed by atoms with Crippen LogP contribution in [0, 0.1) is 5.82 Å². The van der Waals surface area contributed by atoms with E-state index in [1.165, 1.54) is 22.6 Å². The molecule has 0 saturated carbocycles. The Bertz CT molecular complexity index is 784. The van der Waals surface area contributed by atoms with Gasteiger partial charge in [0.1, 0.15) is 11.6 Å². The lowest BCUT2D eigenvalue weighted by Crippen LogP contribution is -2.21. The Morgan fingerprint density at radius 3 is 2.23 bits per heavy atom. The number of nitrogens with one attached hydrogen (secondary N) is 1. The van der Waals surface area contributed by atoms with Gasteiger partial charge in [-0.05, 0) is 66.7 Å². The minimum absolute atomic E-state index is 0.202. The van der Waals surface area contributed by atoms with Crippen molar-refractivity contribution in [2.24, 2.45) is 0 Å². The average molecular weight is 370 g/mol. The molecule has 2 nitrogen and oxygen atoms in total. The zero-order valence-electron chi connectivity index (χ0n) is 15.1. The minimum atomic E-state index is -0.202. The van der Waals surface area contributed by atoms with Gasteiger partial charge in [0, 0.05) is 16.8 Å². The second kappa shape index (κ2) is 8.97. The normalized spacial score (nSPS) is 13.3. The summed E-state index contributed by atoms with van der Waals surface area (Å²) in [5, 5.41) is 5.70. The molecule has 1 N–H and O–H groups in total. The van der Waals surface area contributed by atoms with Gasteiger partial charge >= 0.3 is 0 Å². The number of benzene rings is 2. The molecule has 0 unspecified atom stereocenters. The van der Waals surface area contributed by atoms with Gasteiger partial charge in [-0.25, -0.2) is 4.39 Å². The molecule has 3 rings (SSSR count). The first kappa shape index (κ1) is 18.6. The smallest absolute Gasteiger partial charge is 0.123 e. The van der Waals surface area contributed by atoms with Crippen LogP contribution in [0.2, 0.25) is 0 Å². The van der Waals surface area contributed by atoms with Crippen molar-refractivity contribution in [1.29, 1.82) is 0 Å². The molecule has 136 valence electrons. The molecule has 0 radical (unpaired) electrons. The largest absolute Gasteiger partial charge is 0.497 e. The summed E-state index contributed by atoms with van der Waals surface area (Å²) in [6.45, 7) is 3.07. The fourth-order valence-electron chi connectivity index (χ4n) is 3.14. The lowest BCUT2D eigenvalue weighted by atomic mass is 9.88. The van der Waals surface area contributed by atoms with Crippen LogP contribution in [-0.2, 0) is 0 Å². The van der Waals surface area contributed by atoms with Gasteiger partial charge in [0.2, 0.25) is 0 Å². The maximum Gasteiger partial charge on any atom is 0.123 e. The lowest BCUT2D eigenvalue weighted by molar-refractivity contribution is 0.414. The van der Waals surface area contributed by atoms with Crippen LogP contribution < -0.4 is 10.1 Å². The first-order valence-corrected chi connectivity index (χ1v) is 9.71. The summed E-state index contributed by atoms with van der Waals surface area (Å²) in [6.07, 6.45) is 0.938. The molecule has 0 fully saturated rings. The number of ether oxygens (including phenoxy) is 1. The van der Waals surface area contributed by atoms with Crippen molar-refractivity contribution in [2.75, 3.05) is 13.7 Å². The molecule has 0 saturated heterocycles. The van der Waals surface area contributed by atoms with Crippen LogP contribution in [0.1, 0.15) is 41.3 Å². The Labute approximate surface area is 158 Å². The van der Waals surface area contributed by atoms with E-state index in [1.54, 1.807) is 18.4 Å². The molecule has 0 spiro atoms. The molecule has 0 aliphatic rings. The summed E-state index contributed by atoms with van der Waals surface area (Å²) in [5.74, 6) is 0.854. The van der Waals surface area contributed by atoms with Crippen LogP contribution in [0.4, 0.5) is 4.39 Å². The minimum Gasteiger partial charge on any atom is -0.497 e. The van der Waals surface area contributed by atoms with Crippen LogP contribution >= 0.6 is 11.3 Å². The average Bonchev–Trinajstić information content (AvgIpc) is 3.21. The quantitative estimate of drug-likeness (QED) is 0.544. The Morgan fingerprint density at radius 2 is 1.65 bits per heavy atom. The number of rotatable bonds is 8. The van der Waals surface area contributed by atoms with Crippen molar-refractivity contribution in [3.63, 3.8) is 0 Å². The fraction of sp³-hybridized carbons (Fsp3) is 0.273. The molecule has 3 aromatic rings. The molecular weight excluding hydrogens is 345 g/mol. The monoisotopic (exact) mass is 369 g/mol. The van der Waals surface area contributed by atoms with Gasteiger partial charge in [0.15, 0.2) is 0 Å². The van der Waals surface area contributed by atoms with Gasteiger partial charge in [-0.15, -0.1) is 11.3 Å². The van der Waals surface area contributed by atoms with Gasteiger partial charge in [-0.1, -0.05) is 30.3 Å². The molecule has 1 aromatic heterocycles. The van der Waals surface area contributed by atoms with E-state index >= 15 is 0 Å². The predicted molar refractivity (Wildman–Crippen MR) is 107 cm³/mol. The molecule has 0 bridgehead atoms. The van der Waals surface area contributed by atoms with Gasteiger partial charge < -0.3 is 10.1 Å². The van der Waals surface area contributed by atoms with Crippen LogP contribution in [-0.4, -0.2) is 13.7 Å². The van der Waals surface area contributed by atoms with Crippen LogP contribution in [0.5, 0.6) is 5.75 Å². The summed E-state index contributed by atoms with van der Waals surface area (Å²) in [4.78, 5) is 1.34. The van der Waals surface area contributed by atoms with E-state index in [0.29, 0.717) is 6.04 Å². The molecule has 1 heterocycles. The van der Waals surface area contributed by atoms with Crippen molar-refractivity contribution in [1.82, 2.24) is 5.32 Å². The highest BCUT2D eigenvalue weighted by molar-refractivity contribution is 7.10. The highest BCUT2D eigenvalue weighted by atomic mass is 32.1. The number of thiophene rings is 1. The van der Waals surface area contributed by atoms with Gasteiger partial charge in [-0.3, -0.25) is 0 Å². The number of methoxy groups -OCH3 is 1. The molecule has 26 heavy (non-hydrogen) atoms. The number of hydrogen-bond donors (Lipinski definition) is 1. The van der Waals surface area contributed by atoms with E-state index in [9.17, 15) is 4.39 Å². The third-order valence-corrected chi connectivity index (χ3v) is 5.70. The first-order chi connectivity index (χ1) is 12.7. The highest BCUT2D eigenvalue weighted by Crippen LogP contribution is 2.29. The van der Waals surface area contributed by atoms with Crippen molar-refractivity contribution in [3.05, 3.63) is 87.9 Å². The van der Waals surface area contributed by atoms with E-state index < -0.39 is 0 Å². The molecule has 0 aliphatic carbocycles. The summed E-state index contributed by atoms with van der Waals surface area (Å²) >= 11 is 1.77. The van der Waals surface area contributed by atoms with Gasteiger partial charge in [0.05, 0.1) is 7.11 Å². The number of halogens is 1. The van der Waals surface area contributed by atoms with Crippen molar-refractivity contribution < 1.29 is 9.13 Å². The number of hydrogen-bond acceptors (Lipinski definition) is 3. The van der Waals surface area contributed by atoms with E-state index in [0.717, 1.165) is 24.3 Å². The third-order valence-electron chi connectivity index (χ3n) is 4.64. The van der Waals surface area contributed by atoms with Gasteiger partial charge in [-0.2, -0.15) is 0 Å². The fourth-order valence-corrected chi connectivity index (χ4v) is 3.90. The molecular formula is C22H24FNOS. The van der Waals surface area contributed by atoms with E-state index in [-0.39, 0.29) is 11.7 Å². The zero-order chi connectivity index (χ0) is 18.4. The van der Waals surface area contributed by atoms with Crippen molar-refractivity contribution >= 4 is 11.3 Å². The van der Waals surface area contributed by atoms with E-state index in [1.807, 2.05) is 24.3 Å². The maximum atomic E-state index is 13.3. The summed E-state index contributed by atoms with van der Waals surface area (Å²) < 4.78 is 18.6. The standard InChI is InChI=1S/C22H24FNOS/c1-16(22-4-3-15-26-22)24-14-13-21(17-5-9-19(23)10-6-17)18-7-11-20(25-2)12-8-18/h3-12,15-16,21,24H,13-14H2,1-2H3/t16-,21+/m1/s1. The summed E-state index contributed by atoms with van der Waals surface area (Å²) in [6, 6.07) is 19.5. The second-order valence-corrected chi connectivity index (χ2v) is 7.34. The molecule has 2 aromatic carbocycles. The first-order valence-electron chi connectivity index (χ1n) is 8.83. The Morgan fingerprint density at radius 1 is 1.00 bits per heavy atom. The summed E-state index contributed by atoms with van der Waals surface area (Å²) in [7, 11) is 1.67. The van der Waals surface area contributed by atoms with E-state index in [4.69, 9.17) is 4.74 Å². The Balaban J connectivity index is 1.73. The lowest BCUT2D eigenvalue weighted by Gasteiger charge is -2.20. The van der Waals surface area contributed by atoms with Gasteiger partial charge in [0.25, 0.3) is 0 Å². The second-order valence-electron chi connectivity index (χ2n) is 6.36. The molecule has 4 heteroatoms. The topological polar surface area (TPSA) is 21.3 Å². The van der Waals surface area contributed by atoms with E-state index in [2.05, 4.69) is 41.9 Å². The highest BCUT2D eigenvalue weighted by Gasteiger charge is 2.15. The zero-order valence-corrected chi connectivity index (χ0v) is 15.9. The third kappa shape index (κ3) is 4.71. The SMILES string of the molecule is COc1ccc([C@@H](CCN[C@H](C)c2cccs2)c2ccc(F)cc2)cc1. The maximum absolute atomic E-state index is 13.3. The van der Waals surface area contributed by atoms with Crippen molar-refractivity contribution in [2.45, 2.75) is 25.3 Å². The molecule has 0 aliphatic heterocycles. The molecule has 2 atom stereocenters. The summed E-state index contributed by atoms with van der Waals surface area (Å²) in [5.41, 5.74) is 2.34. The Kier molecular flexibility index (Phi) is 6.42. The Hall–Kier alpha value is -2.17. The molecule has 0 amide bonds.